The highest BCUT2D eigenvalue weighted by Gasteiger charge is 2.46. The number of carboxylic acids is 1. The Labute approximate surface area is 788 Å². The Morgan fingerprint density at radius 3 is 1.19 bits per heavy atom. The van der Waals surface area contributed by atoms with Crippen LogP contribution in [-0.4, -0.2) is 313 Å². The summed E-state index contributed by atoms with van der Waals surface area (Å²) in [6.07, 6.45) is -6.55. The second kappa shape index (κ2) is 58.7. The average molecular weight is 1930 g/mol. The first-order chi connectivity index (χ1) is 63.0. The molecule has 20 atom stereocenters. The quantitative estimate of drug-likeness (QED) is 0.0127. The predicted molar refractivity (Wildman–Crippen MR) is 498 cm³/mol. The van der Waals surface area contributed by atoms with Crippen molar-refractivity contribution < 1.29 is 112 Å². The van der Waals surface area contributed by atoms with Crippen LogP contribution in [-0.2, 0) is 94.3 Å². The molecule has 0 spiro atoms. The molecule has 0 aliphatic carbocycles. The number of hydrogen-bond acceptors (Lipinski definition) is 31. The van der Waals surface area contributed by atoms with Crippen LogP contribution in [0.4, 0.5) is 0 Å². The molecule has 0 radical (unpaired) electrons. The van der Waals surface area contributed by atoms with E-state index in [4.69, 9.17) is 51.6 Å². The van der Waals surface area contributed by atoms with E-state index in [1.807, 2.05) is 0 Å². The van der Waals surface area contributed by atoms with Gasteiger partial charge in [0.1, 0.15) is 102 Å². The van der Waals surface area contributed by atoms with Gasteiger partial charge in [-0.3, -0.25) is 81.7 Å². The Morgan fingerprint density at radius 2 is 0.806 bits per heavy atom. The molecule has 1 saturated heterocycles. The SMILES string of the molecule is CC[C@H](C)[C@H](NC(=O)[C@@H]1C[C@@H](O)CN1C(=O)[C@@H](N)C(C)C)C(=O)N[C@H](C(=O)N[C@@H](Cc1ccc(O)cc1)C(=O)N[C@H](C(=O)N[C@@H](CC(N)=O)C(=O)N[C@@H](CCCN=C(N)N)C(=O)N[C@@H](CCN)C(=O)N[C@H](C(=O)N[C@H](CCN)C(=O)N[C@@H](CCCCN)C(=O)N[C@@H](CS)C(=O)N[C@@H](CCN)C(=O)N[C@@H](CCCCN)C(=O)N[C@@H](Cc1ccc(O)cc1)C(=O)O)[C@@H](C)O)C(C)(C)S)[C@@H](C)O. The third-order valence-corrected chi connectivity index (χ3v) is 22.5. The predicted octanol–water partition coefficient (Wildman–Crippen LogP) is -9.62. The van der Waals surface area contributed by atoms with Gasteiger partial charge in [0.25, 0.3) is 0 Å². The number of primary amides is 1. The number of nitrogens with two attached hydrogens (primary N) is 9. The van der Waals surface area contributed by atoms with Gasteiger partial charge >= 0.3 is 5.97 Å². The summed E-state index contributed by atoms with van der Waals surface area (Å²) in [4.78, 5) is 245. The summed E-state index contributed by atoms with van der Waals surface area (Å²) >= 11 is 8.87. The van der Waals surface area contributed by atoms with E-state index in [0.29, 0.717) is 30.4 Å². The number of guanidine groups is 1. The summed E-state index contributed by atoms with van der Waals surface area (Å²) in [5.41, 5.74) is 52.9. The first-order valence-corrected chi connectivity index (χ1v) is 45.4. The third kappa shape index (κ3) is 39.7. The van der Waals surface area contributed by atoms with Crippen LogP contribution >= 0.6 is 25.3 Å². The van der Waals surface area contributed by atoms with E-state index in [2.05, 4.69) is 105 Å². The van der Waals surface area contributed by atoms with Gasteiger partial charge in [-0.25, -0.2) is 4.79 Å². The van der Waals surface area contributed by atoms with Crippen LogP contribution in [0.15, 0.2) is 53.5 Å². The smallest absolute Gasteiger partial charge is 0.326 e. The molecular weight excluding hydrogens is 1790 g/mol. The van der Waals surface area contributed by atoms with Gasteiger partial charge in [-0.15, -0.1) is 0 Å². The number of unbranched alkanes of at least 4 members (excludes halogenated alkanes) is 2. The fourth-order valence-corrected chi connectivity index (χ4v) is 14.3. The normalized spacial score (nSPS) is 17.1. The van der Waals surface area contributed by atoms with Crippen molar-refractivity contribution in [1.82, 2.24) is 79.3 Å². The first-order valence-electron chi connectivity index (χ1n) is 44.3. The molecule has 0 aromatic heterocycles. The maximum absolute atomic E-state index is 14.8. The minimum absolute atomic E-state index is 0.0186. The van der Waals surface area contributed by atoms with Crippen molar-refractivity contribution >= 4 is 132 Å². The number of benzene rings is 2. The number of aromatic hydroxyl groups is 2. The minimum Gasteiger partial charge on any atom is -0.508 e. The molecule has 48 nitrogen and oxygen atoms in total. The lowest BCUT2D eigenvalue weighted by Gasteiger charge is -2.33. The molecule has 0 bridgehead atoms. The summed E-state index contributed by atoms with van der Waals surface area (Å²) in [6, 6.07) is -14.7. The second-order valence-electron chi connectivity index (χ2n) is 33.9. The lowest BCUT2D eigenvalue weighted by molar-refractivity contribution is -0.142. The van der Waals surface area contributed by atoms with Gasteiger partial charge in [-0.1, -0.05) is 58.4 Å². The van der Waals surface area contributed by atoms with Crippen molar-refractivity contribution in [2.45, 2.75) is 278 Å². The first kappa shape index (κ1) is 117. The van der Waals surface area contributed by atoms with Gasteiger partial charge in [0.15, 0.2) is 5.96 Å². The summed E-state index contributed by atoms with van der Waals surface area (Å²) in [7, 11) is 0. The molecule has 1 aliphatic rings. The average Bonchev–Trinajstić information content (AvgIpc) is 1.70. The molecule has 752 valence electrons. The van der Waals surface area contributed by atoms with E-state index in [0.717, 1.165) is 18.7 Å². The summed E-state index contributed by atoms with van der Waals surface area (Å²) in [6.45, 7) is 10.7. The zero-order chi connectivity index (χ0) is 101. The van der Waals surface area contributed by atoms with Crippen LogP contribution in [0.25, 0.3) is 0 Å². The summed E-state index contributed by atoms with van der Waals surface area (Å²) in [5.74, 6) is -20.3. The van der Waals surface area contributed by atoms with Crippen molar-refractivity contribution in [2.75, 3.05) is 51.6 Å². The molecule has 3 rings (SSSR count). The summed E-state index contributed by atoms with van der Waals surface area (Å²) < 4.78 is -1.64. The van der Waals surface area contributed by atoms with E-state index < -0.39 is 251 Å². The van der Waals surface area contributed by atoms with E-state index in [9.17, 15) is 112 Å². The van der Waals surface area contributed by atoms with Gasteiger partial charge in [-0.05, 0) is 178 Å². The molecule has 1 aliphatic heterocycles. The number of aliphatic hydroxyl groups is 3. The highest BCUT2D eigenvalue weighted by atomic mass is 32.1. The lowest BCUT2D eigenvalue weighted by Crippen LogP contribution is -2.64. The van der Waals surface area contributed by atoms with Crippen molar-refractivity contribution in [1.29, 1.82) is 0 Å². The van der Waals surface area contributed by atoms with Crippen LogP contribution < -0.4 is 126 Å². The van der Waals surface area contributed by atoms with Crippen molar-refractivity contribution in [2.24, 2.45) is 68.4 Å². The van der Waals surface area contributed by atoms with Crippen molar-refractivity contribution in [3.05, 3.63) is 59.7 Å². The maximum atomic E-state index is 14.8. The van der Waals surface area contributed by atoms with Crippen molar-refractivity contribution in [3.63, 3.8) is 0 Å². The highest BCUT2D eigenvalue weighted by Crippen LogP contribution is 2.24. The molecule has 2 aromatic rings. The van der Waals surface area contributed by atoms with Gasteiger partial charge in [0.2, 0.25) is 94.5 Å². The molecular formula is C84H141N25O23S2. The molecule has 1 heterocycles. The van der Waals surface area contributed by atoms with Crippen LogP contribution in [0, 0.1) is 11.8 Å². The van der Waals surface area contributed by atoms with Gasteiger partial charge in [-0.2, -0.15) is 25.3 Å². The number of β-amino-alcohol motifs (C(OH)–C–C–N with tert-alkyl or cyclic N) is 1. The number of nitrogens with one attached hydrogen (secondary N) is 14. The summed E-state index contributed by atoms with van der Waals surface area (Å²) in [5, 5.41) is 97.4. The monoisotopic (exact) mass is 1930 g/mol. The number of carbonyl (C=O) groups excluding carboxylic acids is 16. The Kier molecular flexibility index (Phi) is 51.2. The molecule has 0 saturated carbocycles. The number of phenols is 2. The number of carboxylic acid groups (broad SMARTS) is 1. The number of likely N-dealkylation sites (tertiary alicyclic amines) is 1. The van der Waals surface area contributed by atoms with E-state index in [1.54, 1.807) is 27.7 Å². The number of hydrogen-bond donors (Lipinski definition) is 31. The number of nitrogens with zero attached hydrogens (tertiary/aromatic N) is 2. The third-order valence-electron chi connectivity index (χ3n) is 21.9. The van der Waals surface area contributed by atoms with E-state index >= 15 is 0 Å². The largest absolute Gasteiger partial charge is 0.508 e. The Morgan fingerprint density at radius 1 is 0.455 bits per heavy atom. The number of amides is 16. The Balaban J connectivity index is 1.93. The van der Waals surface area contributed by atoms with Crippen LogP contribution in [0.2, 0.25) is 0 Å². The Hall–Kier alpha value is -11.4. The molecule has 1 fully saturated rings. The van der Waals surface area contributed by atoms with E-state index in [-0.39, 0.29) is 133 Å². The molecule has 38 N–H and O–H groups in total. The van der Waals surface area contributed by atoms with Crippen LogP contribution in [0.3, 0.4) is 0 Å². The molecule has 134 heavy (non-hydrogen) atoms. The standard InChI is InChI=1S/C84H141N25O23S2/c1-9-42(4)63(105-76(125)60-37-49(114)39-109(60)81(130)62(91)41(2)3)77(126)107-65(44(6)111)79(128)101-56(35-45-18-22-47(112)23-19-45)74(123)108-66(84(7,8)134)80(129)102-57(38-61(90)115)73(122)97-52(17-14-34-94-83(92)93)67(116)98-55(28-33-89)72(121)106-64(43(5)110)78(127)100-54(27-32-88)71(120)96-51(16-11-13-30-86)69(118)104-59(40-133)75(124)99-53(26-31-87)70(119)95-50(15-10-12-29-85)68(117)103-58(82(131)132)36-46-20-24-48(113)25-21-46/h18-25,41-44,49-60,62-66,110-114,133-134H,9-17,26-40,85-89,91H2,1-8H3,(H2,90,115)(H,95,119)(H,96,120)(H,97,122)(H,98,116)(H,99,124)(H,100,127)(H,101,128)(H,102,129)(H,103,117)(H,104,118)(H,105,125)(H,106,121)(H,107,126)(H,108,123)(H,131,132)(H4,92,93,94)/t42-,43+,44+,49+,50-,51-,52-,53-,54+,55-,56-,57-,58-,59-,60-,62-,63-,64-,65-,66+/m0/s1. The lowest BCUT2D eigenvalue weighted by atomic mass is 9.96. The number of aliphatic imine (C=N–C) groups is 1. The number of carbonyl (C=O) groups is 17. The Bertz CT molecular complexity index is 4270. The highest BCUT2D eigenvalue weighted by molar-refractivity contribution is 7.81. The number of aliphatic hydroxyl groups excluding tert-OH is 3. The number of aliphatic carboxylic acids is 1. The van der Waals surface area contributed by atoms with Crippen LogP contribution in [0.1, 0.15) is 156 Å². The molecule has 0 unspecified atom stereocenters. The van der Waals surface area contributed by atoms with Gasteiger partial charge in [0.05, 0.1) is 30.8 Å². The topological polar surface area (TPSA) is 830 Å². The van der Waals surface area contributed by atoms with Gasteiger partial charge < -0.3 is 162 Å². The zero-order valence-corrected chi connectivity index (χ0v) is 78.6. The molecule has 2 aromatic carbocycles. The minimum atomic E-state index is -2.01. The fraction of sp³-hybridized carbons (Fsp3) is 0.643. The number of phenolic OH excluding ortho intramolecular Hbond substituents is 2. The number of thiol groups is 2. The zero-order valence-electron chi connectivity index (χ0n) is 76.8. The maximum Gasteiger partial charge on any atom is 0.326 e. The van der Waals surface area contributed by atoms with E-state index in [1.165, 1.54) is 62.4 Å². The van der Waals surface area contributed by atoms with Crippen molar-refractivity contribution in [3.8, 4) is 11.5 Å². The van der Waals surface area contributed by atoms with Crippen LogP contribution in [0.5, 0.6) is 11.5 Å². The molecule has 16 amide bonds. The van der Waals surface area contributed by atoms with Gasteiger partial charge in [0, 0.05) is 42.9 Å². The second-order valence-corrected chi connectivity index (χ2v) is 35.4. The number of rotatable bonds is 61. The fourth-order valence-electron chi connectivity index (χ4n) is 13.9. The molecule has 50 heteroatoms.